The molecule has 3 rings (SSSR count). The predicted molar refractivity (Wildman–Crippen MR) is 119 cm³/mol. The minimum absolute atomic E-state index is 0.211. The molecular weight excluding hydrogens is 352 g/mol. The molecule has 2 aromatic carbocycles. The van der Waals surface area contributed by atoms with Gasteiger partial charge < -0.3 is 15.5 Å². The summed E-state index contributed by atoms with van der Waals surface area (Å²) in [6.07, 6.45) is 0. The average molecular weight is 383 g/mol. The minimum Gasteiger partial charge on any atom is -0.370 e. The molecule has 1 aliphatic heterocycles. The van der Waals surface area contributed by atoms with E-state index in [0.717, 1.165) is 25.6 Å². The largest absolute Gasteiger partial charge is 0.370 e. The van der Waals surface area contributed by atoms with Crippen molar-refractivity contribution in [2.24, 2.45) is 4.99 Å². The van der Waals surface area contributed by atoms with Crippen LogP contribution in [0.2, 0.25) is 0 Å². The normalized spacial score (nSPS) is 16.1. The average Bonchev–Trinajstić information content (AvgIpc) is 2.74. The van der Waals surface area contributed by atoms with Gasteiger partial charge in [0.1, 0.15) is 0 Å². The Hall–Kier alpha value is -2.14. The van der Waals surface area contributed by atoms with Crippen LogP contribution in [-0.4, -0.2) is 37.1 Å². The molecule has 0 amide bonds. The highest BCUT2D eigenvalue weighted by molar-refractivity contribution is 7.99. The number of guanidine groups is 1. The fourth-order valence-electron chi connectivity index (χ4n) is 3.15. The second-order valence-electron chi connectivity index (χ2n) is 6.74. The van der Waals surface area contributed by atoms with Crippen molar-refractivity contribution in [3.63, 3.8) is 0 Å². The van der Waals surface area contributed by atoms with Gasteiger partial charge in [-0.05, 0) is 37.1 Å². The molecule has 4 nitrogen and oxygen atoms in total. The molecule has 0 aromatic heterocycles. The fourth-order valence-corrected chi connectivity index (χ4v) is 4.06. The molecule has 1 heterocycles. The first-order chi connectivity index (χ1) is 13.3. The van der Waals surface area contributed by atoms with Gasteiger partial charge in [-0.1, -0.05) is 42.5 Å². The van der Waals surface area contributed by atoms with Crippen LogP contribution in [0.5, 0.6) is 0 Å². The molecule has 2 N–H and O–H groups in total. The summed E-state index contributed by atoms with van der Waals surface area (Å²) in [6.45, 7) is 8.07. The SMILES string of the molecule is CCNC(=NCc1ccc(N2CCSCC2)cc1)NC(C)c1ccccc1. The van der Waals surface area contributed by atoms with E-state index in [4.69, 9.17) is 4.99 Å². The lowest BCUT2D eigenvalue weighted by Gasteiger charge is -2.28. The summed E-state index contributed by atoms with van der Waals surface area (Å²) >= 11 is 2.04. The van der Waals surface area contributed by atoms with Crippen LogP contribution in [0.25, 0.3) is 0 Å². The van der Waals surface area contributed by atoms with Gasteiger partial charge in [0.15, 0.2) is 5.96 Å². The third-order valence-corrected chi connectivity index (χ3v) is 5.67. The first-order valence-electron chi connectivity index (χ1n) is 9.77. The van der Waals surface area contributed by atoms with Crippen LogP contribution >= 0.6 is 11.8 Å². The summed E-state index contributed by atoms with van der Waals surface area (Å²) in [5, 5.41) is 6.84. The highest BCUT2D eigenvalue weighted by atomic mass is 32.2. The van der Waals surface area contributed by atoms with Gasteiger partial charge in [0.05, 0.1) is 12.6 Å². The van der Waals surface area contributed by atoms with Crippen LogP contribution in [-0.2, 0) is 6.54 Å². The molecule has 1 saturated heterocycles. The molecule has 27 heavy (non-hydrogen) atoms. The van der Waals surface area contributed by atoms with Crippen molar-refractivity contribution in [1.82, 2.24) is 10.6 Å². The Morgan fingerprint density at radius 1 is 1.07 bits per heavy atom. The van der Waals surface area contributed by atoms with E-state index in [9.17, 15) is 0 Å². The molecule has 144 valence electrons. The highest BCUT2D eigenvalue weighted by Crippen LogP contribution is 2.20. The maximum Gasteiger partial charge on any atom is 0.192 e. The zero-order valence-corrected chi connectivity index (χ0v) is 17.1. The van der Waals surface area contributed by atoms with E-state index in [2.05, 4.69) is 77.9 Å². The van der Waals surface area contributed by atoms with E-state index >= 15 is 0 Å². The number of thioether (sulfide) groups is 1. The zero-order chi connectivity index (χ0) is 18.9. The summed E-state index contributed by atoms with van der Waals surface area (Å²) in [5.41, 5.74) is 3.81. The van der Waals surface area contributed by atoms with Crippen LogP contribution in [0.3, 0.4) is 0 Å². The Kier molecular flexibility index (Phi) is 7.45. The molecule has 0 aliphatic carbocycles. The first-order valence-corrected chi connectivity index (χ1v) is 10.9. The number of aliphatic imine (C=N–C) groups is 1. The Morgan fingerprint density at radius 3 is 2.44 bits per heavy atom. The van der Waals surface area contributed by atoms with E-state index in [0.29, 0.717) is 6.54 Å². The van der Waals surface area contributed by atoms with Crippen LogP contribution in [0, 0.1) is 0 Å². The lowest BCUT2D eigenvalue weighted by Crippen LogP contribution is -2.38. The van der Waals surface area contributed by atoms with Crippen molar-refractivity contribution in [1.29, 1.82) is 0 Å². The lowest BCUT2D eigenvalue weighted by atomic mass is 10.1. The van der Waals surface area contributed by atoms with Crippen LogP contribution in [0.4, 0.5) is 5.69 Å². The summed E-state index contributed by atoms with van der Waals surface area (Å²) in [7, 11) is 0. The van der Waals surface area contributed by atoms with Gasteiger partial charge in [0, 0.05) is 36.8 Å². The summed E-state index contributed by atoms with van der Waals surface area (Å²) in [5.74, 6) is 3.30. The second kappa shape index (κ2) is 10.3. The minimum atomic E-state index is 0.211. The molecule has 0 saturated carbocycles. The topological polar surface area (TPSA) is 39.7 Å². The van der Waals surface area contributed by atoms with Gasteiger partial charge in [-0.25, -0.2) is 4.99 Å². The number of hydrogen-bond donors (Lipinski definition) is 2. The number of nitrogens with one attached hydrogen (secondary N) is 2. The van der Waals surface area contributed by atoms with E-state index in [-0.39, 0.29) is 6.04 Å². The Bertz CT molecular complexity index is 709. The molecule has 0 bridgehead atoms. The second-order valence-corrected chi connectivity index (χ2v) is 7.96. The van der Waals surface area contributed by atoms with Gasteiger partial charge in [0.25, 0.3) is 0 Å². The monoisotopic (exact) mass is 382 g/mol. The maximum absolute atomic E-state index is 4.77. The van der Waals surface area contributed by atoms with Crippen molar-refractivity contribution in [3.05, 3.63) is 65.7 Å². The Morgan fingerprint density at radius 2 is 1.78 bits per heavy atom. The summed E-state index contributed by atoms with van der Waals surface area (Å²) in [6, 6.07) is 19.5. The van der Waals surface area contributed by atoms with Crippen molar-refractivity contribution < 1.29 is 0 Å². The van der Waals surface area contributed by atoms with E-state index in [1.54, 1.807) is 0 Å². The summed E-state index contributed by atoms with van der Waals surface area (Å²) < 4.78 is 0. The van der Waals surface area contributed by atoms with Crippen molar-refractivity contribution in [2.45, 2.75) is 26.4 Å². The quantitative estimate of drug-likeness (QED) is 0.584. The molecule has 1 aliphatic rings. The first kappa shape index (κ1) is 19.6. The molecule has 1 unspecified atom stereocenters. The molecular formula is C22H30N4S. The number of anilines is 1. The standard InChI is InChI=1S/C22H30N4S/c1-3-23-22(25-18(2)20-7-5-4-6-8-20)24-17-19-9-11-21(12-10-19)26-13-15-27-16-14-26/h4-12,18H,3,13-17H2,1-2H3,(H2,23,24,25). The van der Waals surface area contributed by atoms with Crippen LogP contribution < -0.4 is 15.5 Å². The van der Waals surface area contributed by atoms with Gasteiger partial charge in [-0.2, -0.15) is 11.8 Å². The molecule has 1 fully saturated rings. The molecule has 5 heteroatoms. The van der Waals surface area contributed by atoms with Crippen molar-refractivity contribution >= 4 is 23.4 Å². The molecule has 1 atom stereocenters. The van der Waals surface area contributed by atoms with E-state index < -0.39 is 0 Å². The van der Waals surface area contributed by atoms with Gasteiger partial charge in [-0.15, -0.1) is 0 Å². The Labute approximate surface area is 167 Å². The van der Waals surface area contributed by atoms with E-state index in [1.165, 1.54) is 28.3 Å². The zero-order valence-electron chi connectivity index (χ0n) is 16.3. The highest BCUT2D eigenvalue weighted by Gasteiger charge is 2.11. The molecule has 0 radical (unpaired) electrons. The van der Waals surface area contributed by atoms with Crippen LogP contribution in [0.1, 0.15) is 31.0 Å². The number of hydrogen-bond acceptors (Lipinski definition) is 3. The number of nitrogens with zero attached hydrogens (tertiary/aromatic N) is 2. The van der Waals surface area contributed by atoms with Crippen molar-refractivity contribution in [2.75, 3.05) is 36.0 Å². The smallest absolute Gasteiger partial charge is 0.192 e. The third kappa shape index (κ3) is 5.93. The molecule has 2 aromatic rings. The lowest BCUT2D eigenvalue weighted by molar-refractivity contribution is 0.686. The molecule has 0 spiro atoms. The van der Waals surface area contributed by atoms with Gasteiger partial charge >= 0.3 is 0 Å². The fraction of sp³-hybridized carbons (Fsp3) is 0.409. The maximum atomic E-state index is 4.77. The third-order valence-electron chi connectivity index (χ3n) is 4.73. The number of rotatable bonds is 6. The van der Waals surface area contributed by atoms with Gasteiger partial charge in [0.2, 0.25) is 0 Å². The van der Waals surface area contributed by atoms with Crippen molar-refractivity contribution in [3.8, 4) is 0 Å². The summed E-state index contributed by atoms with van der Waals surface area (Å²) in [4.78, 5) is 7.24. The van der Waals surface area contributed by atoms with Gasteiger partial charge in [-0.3, -0.25) is 0 Å². The number of benzene rings is 2. The Balaban J connectivity index is 1.60. The van der Waals surface area contributed by atoms with Crippen LogP contribution in [0.15, 0.2) is 59.6 Å². The van der Waals surface area contributed by atoms with E-state index in [1.807, 2.05) is 17.8 Å². The predicted octanol–water partition coefficient (Wildman–Crippen LogP) is 4.06.